The zero-order valence-electron chi connectivity index (χ0n) is 13.0. The molecule has 0 unspecified atom stereocenters. The minimum atomic E-state index is -4.36. The SMILES string of the molecule is CC(=O)N1CCN(c2ncc(-c3ccc(C(F)(F)F)cc3)o2)CC1. The fourth-order valence-electron chi connectivity index (χ4n) is 2.58. The highest BCUT2D eigenvalue weighted by Crippen LogP contribution is 2.31. The third kappa shape index (κ3) is 3.37. The number of oxazole rings is 1. The van der Waals surface area contributed by atoms with Crippen LogP contribution in [0.1, 0.15) is 12.5 Å². The summed E-state index contributed by atoms with van der Waals surface area (Å²) in [6.45, 7) is 3.92. The van der Waals surface area contributed by atoms with E-state index >= 15 is 0 Å². The van der Waals surface area contributed by atoms with Gasteiger partial charge in [0.15, 0.2) is 5.76 Å². The summed E-state index contributed by atoms with van der Waals surface area (Å²) in [5.74, 6) is 0.445. The molecule has 128 valence electrons. The van der Waals surface area contributed by atoms with E-state index < -0.39 is 11.7 Å². The van der Waals surface area contributed by atoms with Gasteiger partial charge < -0.3 is 14.2 Å². The molecule has 0 N–H and O–H groups in total. The van der Waals surface area contributed by atoms with Gasteiger partial charge in [0.1, 0.15) is 0 Å². The number of halogens is 3. The van der Waals surface area contributed by atoms with Crippen molar-refractivity contribution in [3.8, 4) is 11.3 Å². The normalized spacial score (nSPS) is 15.7. The molecule has 8 heteroatoms. The van der Waals surface area contributed by atoms with Crippen LogP contribution >= 0.6 is 0 Å². The number of carbonyl (C=O) groups excluding carboxylic acids is 1. The van der Waals surface area contributed by atoms with Gasteiger partial charge >= 0.3 is 6.18 Å². The highest BCUT2D eigenvalue weighted by molar-refractivity contribution is 5.73. The van der Waals surface area contributed by atoms with Gasteiger partial charge in [0.25, 0.3) is 6.01 Å². The van der Waals surface area contributed by atoms with E-state index in [1.807, 2.05) is 4.90 Å². The van der Waals surface area contributed by atoms with E-state index in [9.17, 15) is 18.0 Å². The van der Waals surface area contributed by atoms with Crippen molar-refractivity contribution in [1.29, 1.82) is 0 Å². The van der Waals surface area contributed by atoms with Gasteiger partial charge in [-0.25, -0.2) is 4.98 Å². The zero-order chi connectivity index (χ0) is 17.3. The number of rotatable bonds is 2. The Morgan fingerprint density at radius 2 is 1.75 bits per heavy atom. The van der Waals surface area contributed by atoms with Crippen LogP contribution in [0.15, 0.2) is 34.9 Å². The van der Waals surface area contributed by atoms with Gasteiger partial charge in [-0.05, 0) is 12.1 Å². The van der Waals surface area contributed by atoms with Crippen LogP contribution in [0.5, 0.6) is 0 Å². The lowest BCUT2D eigenvalue weighted by molar-refractivity contribution is -0.137. The minimum Gasteiger partial charge on any atom is -0.423 e. The Balaban J connectivity index is 1.71. The van der Waals surface area contributed by atoms with Gasteiger partial charge in [-0.2, -0.15) is 13.2 Å². The second kappa shape index (κ2) is 6.18. The van der Waals surface area contributed by atoms with Crippen molar-refractivity contribution in [3.63, 3.8) is 0 Å². The first-order valence-corrected chi connectivity index (χ1v) is 7.48. The van der Waals surface area contributed by atoms with Crippen LogP contribution in [-0.2, 0) is 11.0 Å². The summed E-state index contributed by atoms with van der Waals surface area (Å²) in [7, 11) is 0. The maximum absolute atomic E-state index is 12.6. The molecular weight excluding hydrogens is 323 g/mol. The van der Waals surface area contributed by atoms with E-state index in [-0.39, 0.29) is 5.91 Å². The Labute approximate surface area is 136 Å². The second-order valence-corrected chi connectivity index (χ2v) is 5.58. The van der Waals surface area contributed by atoms with Gasteiger partial charge in [0, 0.05) is 38.7 Å². The summed E-state index contributed by atoms with van der Waals surface area (Å²) < 4.78 is 43.4. The van der Waals surface area contributed by atoms with E-state index in [1.54, 1.807) is 4.90 Å². The van der Waals surface area contributed by atoms with Gasteiger partial charge in [-0.1, -0.05) is 12.1 Å². The second-order valence-electron chi connectivity index (χ2n) is 5.58. The maximum atomic E-state index is 12.6. The van der Waals surface area contributed by atoms with E-state index in [0.717, 1.165) is 12.1 Å². The number of amides is 1. The van der Waals surface area contributed by atoms with Crippen molar-refractivity contribution in [3.05, 3.63) is 36.0 Å². The molecule has 2 aromatic rings. The standard InChI is InChI=1S/C16H16F3N3O2/c1-11(23)21-6-8-22(9-7-21)15-20-10-14(24-15)12-2-4-13(5-3-12)16(17,18)19/h2-5,10H,6-9H2,1H3. The molecule has 24 heavy (non-hydrogen) atoms. The number of nitrogens with zero attached hydrogens (tertiary/aromatic N) is 3. The number of hydrogen-bond acceptors (Lipinski definition) is 4. The molecular formula is C16H16F3N3O2. The Bertz CT molecular complexity index is 717. The van der Waals surface area contributed by atoms with E-state index in [1.165, 1.54) is 25.3 Å². The monoisotopic (exact) mass is 339 g/mol. The number of hydrogen-bond donors (Lipinski definition) is 0. The third-order valence-electron chi connectivity index (χ3n) is 3.99. The summed E-state index contributed by atoms with van der Waals surface area (Å²) >= 11 is 0. The topological polar surface area (TPSA) is 49.6 Å². The first-order valence-electron chi connectivity index (χ1n) is 7.48. The van der Waals surface area contributed by atoms with E-state index in [2.05, 4.69) is 4.98 Å². The Hall–Kier alpha value is -2.51. The molecule has 2 heterocycles. The fraction of sp³-hybridized carbons (Fsp3) is 0.375. The van der Waals surface area contributed by atoms with Crippen molar-refractivity contribution in [1.82, 2.24) is 9.88 Å². The first kappa shape index (κ1) is 16.4. The lowest BCUT2D eigenvalue weighted by Gasteiger charge is -2.33. The molecule has 5 nitrogen and oxygen atoms in total. The zero-order valence-corrected chi connectivity index (χ0v) is 13.0. The predicted octanol–water partition coefficient (Wildman–Crippen LogP) is 3.03. The number of aromatic nitrogens is 1. The van der Waals surface area contributed by atoms with Crippen molar-refractivity contribution in [2.24, 2.45) is 0 Å². The van der Waals surface area contributed by atoms with E-state index in [4.69, 9.17) is 4.42 Å². The molecule has 1 amide bonds. The summed E-state index contributed by atoms with van der Waals surface area (Å²) in [4.78, 5) is 19.2. The quantitative estimate of drug-likeness (QED) is 0.844. The molecule has 0 aliphatic carbocycles. The van der Waals surface area contributed by atoms with Crippen LogP contribution in [0.4, 0.5) is 19.2 Å². The Morgan fingerprint density at radius 1 is 1.12 bits per heavy atom. The minimum absolute atomic E-state index is 0.0347. The Kier molecular flexibility index (Phi) is 4.21. The van der Waals surface area contributed by atoms with Gasteiger partial charge in [-0.3, -0.25) is 4.79 Å². The summed E-state index contributed by atoms with van der Waals surface area (Å²) in [5.41, 5.74) is -0.171. The highest BCUT2D eigenvalue weighted by Gasteiger charge is 2.30. The van der Waals surface area contributed by atoms with E-state index in [0.29, 0.717) is 43.5 Å². The summed E-state index contributed by atoms with van der Waals surface area (Å²) in [6.07, 6.45) is -2.86. The van der Waals surface area contributed by atoms with Crippen molar-refractivity contribution < 1.29 is 22.4 Å². The predicted molar refractivity (Wildman–Crippen MR) is 81.4 cm³/mol. The van der Waals surface area contributed by atoms with Gasteiger partial charge in [0.2, 0.25) is 5.91 Å². The first-order chi connectivity index (χ1) is 11.3. The summed E-state index contributed by atoms with van der Waals surface area (Å²) in [5, 5.41) is 0. The third-order valence-corrected chi connectivity index (χ3v) is 3.99. The molecule has 1 saturated heterocycles. The van der Waals surface area contributed by atoms with Crippen LogP contribution in [0.3, 0.4) is 0 Å². The molecule has 0 saturated carbocycles. The lowest BCUT2D eigenvalue weighted by Crippen LogP contribution is -2.48. The Morgan fingerprint density at radius 3 is 2.29 bits per heavy atom. The number of benzene rings is 1. The van der Waals surface area contributed by atoms with Gasteiger partial charge in [0.05, 0.1) is 11.8 Å². The molecule has 1 aromatic heterocycles. The largest absolute Gasteiger partial charge is 0.423 e. The molecule has 0 atom stereocenters. The van der Waals surface area contributed by atoms with Crippen LogP contribution < -0.4 is 4.90 Å². The number of carbonyl (C=O) groups is 1. The summed E-state index contributed by atoms with van der Waals surface area (Å²) in [6, 6.07) is 5.17. The molecule has 1 aliphatic heterocycles. The van der Waals surface area contributed by atoms with Crippen LogP contribution in [0, 0.1) is 0 Å². The van der Waals surface area contributed by atoms with Crippen LogP contribution in [-0.4, -0.2) is 42.0 Å². The maximum Gasteiger partial charge on any atom is 0.416 e. The molecule has 0 radical (unpaired) electrons. The molecule has 1 aromatic carbocycles. The molecule has 3 rings (SSSR count). The highest BCUT2D eigenvalue weighted by atomic mass is 19.4. The van der Waals surface area contributed by atoms with Gasteiger partial charge in [-0.15, -0.1) is 0 Å². The van der Waals surface area contributed by atoms with Crippen LogP contribution in [0.25, 0.3) is 11.3 Å². The molecule has 1 fully saturated rings. The molecule has 0 bridgehead atoms. The lowest BCUT2D eigenvalue weighted by atomic mass is 10.1. The average Bonchev–Trinajstić information content (AvgIpc) is 3.04. The smallest absolute Gasteiger partial charge is 0.416 e. The fourth-order valence-corrected chi connectivity index (χ4v) is 2.58. The van der Waals surface area contributed by atoms with Crippen molar-refractivity contribution in [2.75, 3.05) is 31.1 Å². The molecule has 1 aliphatic rings. The molecule has 0 spiro atoms. The number of piperazine rings is 1. The number of alkyl halides is 3. The number of anilines is 1. The van der Waals surface area contributed by atoms with Crippen molar-refractivity contribution in [2.45, 2.75) is 13.1 Å². The average molecular weight is 339 g/mol. The van der Waals surface area contributed by atoms with Crippen LogP contribution in [0.2, 0.25) is 0 Å². The van der Waals surface area contributed by atoms with Crippen molar-refractivity contribution >= 4 is 11.9 Å².